The van der Waals surface area contributed by atoms with E-state index >= 15 is 0 Å². The number of sulfonamides is 1. The predicted molar refractivity (Wildman–Crippen MR) is 95.3 cm³/mol. The van der Waals surface area contributed by atoms with E-state index in [1.807, 2.05) is 0 Å². The van der Waals surface area contributed by atoms with Crippen molar-refractivity contribution in [1.82, 2.24) is 19.5 Å². The van der Waals surface area contributed by atoms with Crippen LogP contribution in [0.4, 0.5) is 5.82 Å². The maximum absolute atomic E-state index is 12.8. The Morgan fingerprint density at radius 1 is 1.28 bits per heavy atom. The number of halogens is 1. The third-order valence-corrected chi connectivity index (χ3v) is 5.02. The lowest BCUT2D eigenvalue weighted by Crippen LogP contribution is -2.16. The molecule has 1 N–H and O–H groups in total. The molecule has 2 heterocycles. The predicted octanol–water partition coefficient (Wildman–Crippen LogP) is 2.62. The highest BCUT2D eigenvalue weighted by Gasteiger charge is 2.21. The number of rotatable bonds is 6. The fourth-order valence-electron chi connectivity index (χ4n) is 2.10. The molecule has 3 rings (SSSR count). The molecule has 0 aliphatic rings. The molecule has 0 fully saturated rings. The highest BCUT2D eigenvalue weighted by atomic mass is 79.9. The van der Waals surface area contributed by atoms with Crippen LogP contribution in [-0.2, 0) is 10.0 Å². The number of imidazole rings is 1. The van der Waals surface area contributed by atoms with Crippen molar-refractivity contribution >= 4 is 31.8 Å². The standard InChI is InChI=1S/C15H14BrN5O3S/c1-2-24-12-4-3-11(16)7-13(12)25(22,23)20-14-8-15(19-9-18-14)21-6-5-17-10-21/h3-10H,2H2,1H3,(H,18,19,20). The molecule has 0 aliphatic carbocycles. The lowest BCUT2D eigenvalue weighted by Gasteiger charge is -2.13. The van der Waals surface area contributed by atoms with Gasteiger partial charge in [0.1, 0.15) is 34.9 Å². The lowest BCUT2D eigenvalue weighted by molar-refractivity contribution is 0.331. The van der Waals surface area contributed by atoms with E-state index in [1.165, 1.54) is 18.5 Å². The van der Waals surface area contributed by atoms with Gasteiger partial charge in [0.05, 0.1) is 6.61 Å². The number of ether oxygens (including phenoxy) is 1. The van der Waals surface area contributed by atoms with E-state index in [-0.39, 0.29) is 16.5 Å². The minimum atomic E-state index is -3.89. The van der Waals surface area contributed by atoms with E-state index in [0.29, 0.717) is 16.9 Å². The molecule has 0 amide bonds. The first kappa shape index (κ1) is 17.4. The summed E-state index contributed by atoms with van der Waals surface area (Å²) in [6.07, 6.45) is 6.13. The Labute approximate surface area is 153 Å². The van der Waals surface area contributed by atoms with E-state index in [1.54, 1.807) is 42.3 Å². The summed E-state index contributed by atoms with van der Waals surface area (Å²) in [4.78, 5) is 12.0. The van der Waals surface area contributed by atoms with Crippen molar-refractivity contribution in [3.8, 4) is 11.6 Å². The number of anilines is 1. The second-order valence-electron chi connectivity index (χ2n) is 4.86. The molecule has 0 spiro atoms. The van der Waals surface area contributed by atoms with E-state index in [4.69, 9.17) is 4.74 Å². The third kappa shape index (κ3) is 3.97. The quantitative estimate of drug-likeness (QED) is 0.653. The Hall–Kier alpha value is -2.46. The number of nitrogens with one attached hydrogen (secondary N) is 1. The first-order valence-electron chi connectivity index (χ1n) is 7.25. The molecule has 0 unspecified atom stereocenters. The summed E-state index contributed by atoms with van der Waals surface area (Å²) < 4.78 is 35.6. The molecule has 3 aromatic rings. The molecule has 0 saturated heterocycles. The van der Waals surface area contributed by atoms with Crippen LogP contribution < -0.4 is 9.46 Å². The van der Waals surface area contributed by atoms with Crippen LogP contribution in [0.25, 0.3) is 5.82 Å². The smallest absolute Gasteiger partial charge is 0.266 e. The van der Waals surface area contributed by atoms with Gasteiger partial charge in [-0.25, -0.2) is 23.4 Å². The average molecular weight is 424 g/mol. The SMILES string of the molecule is CCOc1ccc(Br)cc1S(=O)(=O)Nc1cc(-n2ccnc2)ncn1. The zero-order valence-electron chi connectivity index (χ0n) is 13.1. The Bertz CT molecular complexity index is 977. The van der Waals surface area contributed by atoms with Gasteiger partial charge in [-0.2, -0.15) is 0 Å². The molecule has 0 radical (unpaired) electrons. The van der Waals surface area contributed by atoms with Crippen molar-refractivity contribution in [2.75, 3.05) is 11.3 Å². The number of hydrogen-bond donors (Lipinski definition) is 1. The van der Waals surface area contributed by atoms with Gasteiger partial charge in [0, 0.05) is 22.9 Å². The second-order valence-corrected chi connectivity index (χ2v) is 7.43. The highest BCUT2D eigenvalue weighted by molar-refractivity contribution is 9.10. The second kappa shape index (κ2) is 7.19. The number of hydrogen-bond acceptors (Lipinski definition) is 6. The molecule has 0 atom stereocenters. The summed E-state index contributed by atoms with van der Waals surface area (Å²) in [7, 11) is -3.89. The Morgan fingerprint density at radius 2 is 2.12 bits per heavy atom. The molecule has 0 saturated carbocycles. The van der Waals surface area contributed by atoms with Crippen molar-refractivity contribution in [2.45, 2.75) is 11.8 Å². The van der Waals surface area contributed by atoms with E-state index in [0.717, 1.165) is 0 Å². The van der Waals surface area contributed by atoms with E-state index in [2.05, 4.69) is 35.6 Å². The summed E-state index contributed by atoms with van der Waals surface area (Å²) in [6.45, 7) is 2.14. The lowest BCUT2D eigenvalue weighted by atomic mass is 10.3. The molecular formula is C15H14BrN5O3S. The van der Waals surface area contributed by atoms with Gasteiger partial charge in [-0.15, -0.1) is 0 Å². The van der Waals surface area contributed by atoms with Gasteiger partial charge in [-0.05, 0) is 25.1 Å². The van der Waals surface area contributed by atoms with Gasteiger partial charge in [-0.1, -0.05) is 15.9 Å². The fourth-order valence-corrected chi connectivity index (χ4v) is 3.78. The van der Waals surface area contributed by atoms with Crippen LogP contribution in [0.15, 0.2) is 58.7 Å². The molecule has 0 aliphatic heterocycles. The molecule has 10 heteroatoms. The van der Waals surface area contributed by atoms with Crippen LogP contribution in [0.5, 0.6) is 5.75 Å². The van der Waals surface area contributed by atoms with E-state index < -0.39 is 10.0 Å². The highest BCUT2D eigenvalue weighted by Crippen LogP contribution is 2.29. The summed E-state index contributed by atoms with van der Waals surface area (Å²) in [5.41, 5.74) is 0. The summed E-state index contributed by atoms with van der Waals surface area (Å²) in [6, 6.07) is 6.30. The normalized spacial score (nSPS) is 11.3. The Kier molecular flexibility index (Phi) is 5.00. The maximum Gasteiger partial charge on any atom is 0.266 e. The van der Waals surface area contributed by atoms with Crippen LogP contribution in [0.2, 0.25) is 0 Å². The van der Waals surface area contributed by atoms with Crippen molar-refractivity contribution in [2.24, 2.45) is 0 Å². The molecule has 0 bridgehead atoms. The van der Waals surface area contributed by atoms with Crippen LogP contribution in [-0.4, -0.2) is 34.5 Å². The van der Waals surface area contributed by atoms with Crippen molar-refractivity contribution < 1.29 is 13.2 Å². The van der Waals surface area contributed by atoms with Gasteiger partial charge < -0.3 is 4.74 Å². The van der Waals surface area contributed by atoms with E-state index in [9.17, 15) is 8.42 Å². The van der Waals surface area contributed by atoms with Crippen LogP contribution in [0.3, 0.4) is 0 Å². The van der Waals surface area contributed by atoms with Gasteiger partial charge in [0.15, 0.2) is 0 Å². The minimum Gasteiger partial charge on any atom is -0.492 e. The van der Waals surface area contributed by atoms with Gasteiger partial charge in [-0.3, -0.25) is 9.29 Å². The minimum absolute atomic E-state index is 0.0199. The summed E-state index contributed by atoms with van der Waals surface area (Å²) in [5.74, 6) is 0.896. The Morgan fingerprint density at radius 3 is 2.84 bits per heavy atom. The molecule has 8 nitrogen and oxygen atoms in total. The monoisotopic (exact) mass is 423 g/mol. The van der Waals surface area contributed by atoms with Crippen LogP contribution in [0, 0.1) is 0 Å². The topological polar surface area (TPSA) is 99.0 Å². The van der Waals surface area contributed by atoms with Crippen molar-refractivity contribution in [3.05, 3.63) is 53.8 Å². The molecule has 130 valence electrons. The zero-order valence-corrected chi connectivity index (χ0v) is 15.5. The first-order chi connectivity index (χ1) is 12.0. The molecule has 1 aromatic carbocycles. The fraction of sp³-hybridized carbons (Fsp3) is 0.133. The maximum atomic E-state index is 12.8. The number of benzene rings is 1. The molecule has 2 aromatic heterocycles. The first-order valence-corrected chi connectivity index (χ1v) is 9.53. The Balaban J connectivity index is 1.95. The molecule has 25 heavy (non-hydrogen) atoms. The van der Waals surface area contributed by atoms with Gasteiger partial charge in [0.2, 0.25) is 0 Å². The number of aromatic nitrogens is 4. The molecular weight excluding hydrogens is 410 g/mol. The average Bonchev–Trinajstić information content (AvgIpc) is 3.11. The van der Waals surface area contributed by atoms with Crippen LogP contribution in [0.1, 0.15) is 6.92 Å². The van der Waals surface area contributed by atoms with Crippen LogP contribution >= 0.6 is 15.9 Å². The number of nitrogens with zero attached hydrogens (tertiary/aromatic N) is 4. The van der Waals surface area contributed by atoms with Crippen molar-refractivity contribution in [3.63, 3.8) is 0 Å². The van der Waals surface area contributed by atoms with Crippen molar-refractivity contribution in [1.29, 1.82) is 0 Å². The largest absolute Gasteiger partial charge is 0.492 e. The van der Waals surface area contributed by atoms with Gasteiger partial charge >= 0.3 is 0 Å². The zero-order chi connectivity index (χ0) is 17.9. The van der Waals surface area contributed by atoms with Gasteiger partial charge in [0.25, 0.3) is 10.0 Å². The summed E-state index contributed by atoms with van der Waals surface area (Å²) in [5, 5.41) is 0. The third-order valence-electron chi connectivity index (χ3n) is 3.16. The summed E-state index contributed by atoms with van der Waals surface area (Å²) >= 11 is 3.28.